The Bertz CT molecular complexity index is 108. The molecule has 0 aromatic carbocycles. The topological polar surface area (TPSA) is 0 Å². The largest absolute Gasteiger partial charge is 0.120 e. The van der Waals surface area contributed by atoms with Gasteiger partial charge in [0.25, 0.3) is 0 Å². The monoisotopic (exact) mass is 108 g/mol. The fourth-order valence-electron chi connectivity index (χ4n) is 1.39. The molecule has 1 rings (SSSR count). The maximum atomic E-state index is 5.27. The molecular weight excluding hydrogens is 96.1 g/mol. The van der Waals surface area contributed by atoms with Crippen LogP contribution >= 0.6 is 0 Å². The zero-order valence-electron chi connectivity index (χ0n) is 5.35. The van der Waals surface area contributed by atoms with E-state index in [-0.39, 0.29) is 0 Å². The number of terminal acetylenes is 1. The first-order valence-electron chi connectivity index (χ1n) is 3.30. The number of hydrogen-bond donors (Lipinski definition) is 0. The van der Waals surface area contributed by atoms with Gasteiger partial charge in [0.2, 0.25) is 0 Å². The molecule has 2 atom stereocenters. The molecule has 8 heavy (non-hydrogen) atoms. The van der Waals surface area contributed by atoms with E-state index < -0.39 is 0 Å². The van der Waals surface area contributed by atoms with Crippen molar-refractivity contribution in [2.45, 2.75) is 26.2 Å². The quantitative estimate of drug-likeness (QED) is 0.417. The number of hydrogen-bond acceptors (Lipinski definition) is 0. The molecule has 1 fully saturated rings. The molecule has 44 valence electrons. The van der Waals surface area contributed by atoms with E-state index in [1.54, 1.807) is 0 Å². The van der Waals surface area contributed by atoms with Crippen molar-refractivity contribution in [1.29, 1.82) is 0 Å². The molecule has 0 amide bonds. The first-order valence-corrected chi connectivity index (χ1v) is 3.30. The zero-order valence-corrected chi connectivity index (χ0v) is 5.35. The molecule has 1 aliphatic carbocycles. The molecular formula is C8H12. The lowest BCUT2D eigenvalue weighted by molar-refractivity contribution is 0.519. The van der Waals surface area contributed by atoms with Crippen LogP contribution in [0.4, 0.5) is 0 Å². The van der Waals surface area contributed by atoms with Crippen LogP contribution in [0.15, 0.2) is 0 Å². The molecule has 0 aromatic rings. The second kappa shape index (κ2) is 2.22. The van der Waals surface area contributed by atoms with Crippen molar-refractivity contribution in [2.24, 2.45) is 11.8 Å². The van der Waals surface area contributed by atoms with Crippen molar-refractivity contribution >= 4 is 0 Å². The molecule has 0 radical (unpaired) electrons. The summed E-state index contributed by atoms with van der Waals surface area (Å²) < 4.78 is 0. The Morgan fingerprint density at radius 1 is 1.50 bits per heavy atom. The van der Waals surface area contributed by atoms with Gasteiger partial charge in [0.1, 0.15) is 0 Å². The minimum atomic E-state index is 0.593. The first kappa shape index (κ1) is 5.69. The third kappa shape index (κ3) is 0.865. The minimum absolute atomic E-state index is 0.593. The van der Waals surface area contributed by atoms with Gasteiger partial charge in [0.15, 0.2) is 0 Å². The Balaban J connectivity index is 2.45. The Morgan fingerprint density at radius 3 is 2.50 bits per heavy atom. The first-order chi connectivity index (χ1) is 3.84. The molecule has 0 aliphatic heterocycles. The predicted molar refractivity (Wildman–Crippen MR) is 35.3 cm³/mol. The third-order valence-electron chi connectivity index (χ3n) is 2.08. The summed E-state index contributed by atoms with van der Waals surface area (Å²) >= 11 is 0. The lowest BCUT2D eigenvalue weighted by Crippen LogP contribution is -1.98. The van der Waals surface area contributed by atoms with Gasteiger partial charge in [0, 0.05) is 5.92 Å². The van der Waals surface area contributed by atoms with Gasteiger partial charge in [-0.3, -0.25) is 0 Å². The van der Waals surface area contributed by atoms with Gasteiger partial charge < -0.3 is 0 Å². The Morgan fingerprint density at radius 2 is 2.25 bits per heavy atom. The van der Waals surface area contributed by atoms with Gasteiger partial charge in [0.05, 0.1) is 0 Å². The average molecular weight is 108 g/mol. The van der Waals surface area contributed by atoms with E-state index in [2.05, 4.69) is 12.8 Å². The van der Waals surface area contributed by atoms with Crippen LogP contribution < -0.4 is 0 Å². The smallest absolute Gasteiger partial charge is 0.0225 e. The van der Waals surface area contributed by atoms with E-state index in [0.29, 0.717) is 5.92 Å². The summed E-state index contributed by atoms with van der Waals surface area (Å²) in [7, 11) is 0. The predicted octanol–water partition coefficient (Wildman–Crippen LogP) is 2.06. The summed E-state index contributed by atoms with van der Waals surface area (Å²) in [4.78, 5) is 0. The molecule has 0 aromatic heterocycles. The van der Waals surface area contributed by atoms with Gasteiger partial charge in [-0.05, 0) is 18.8 Å². The highest BCUT2D eigenvalue weighted by atomic mass is 14.2. The van der Waals surface area contributed by atoms with Crippen LogP contribution in [0.3, 0.4) is 0 Å². The van der Waals surface area contributed by atoms with Crippen LogP contribution in [-0.4, -0.2) is 0 Å². The fourth-order valence-corrected chi connectivity index (χ4v) is 1.39. The zero-order chi connectivity index (χ0) is 5.98. The fraction of sp³-hybridized carbons (Fsp3) is 0.750. The molecule has 0 heteroatoms. The molecule has 0 saturated heterocycles. The highest BCUT2D eigenvalue weighted by Gasteiger charge is 2.20. The molecule has 0 bridgehead atoms. The Kier molecular flexibility index (Phi) is 1.58. The average Bonchev–Trinajstić information content (AvgIpc) is 2.14. The van der Waals surface area contributed by atoms with Crippen LogP contribution in [0.2, 0.25) is 0 Å². The molecule has 0 N–H and O–H groups in total. The van der Waals surface area contributed by atoms with E-state index in [1.165, 1.54) is 19.3 Å². The van der Waals surface area contributed by atoms with E-state index in [1.807, 2.05) is 0 Å². The lowest BCUT2D eigenvalue weighted by atomic mass is 10.00. The van der Waals surface area contributed by atoms with Crippen molar-refractivity contribution in [3.8, 4) is 12.3 Å². The van der Waals surface area contributed by atoms with Gasteiger partial charge in [-0.25, -0.2) is 0 Å². The highest BCUT2D eigenvalue weighted by Crippen LogP contribution is 2.29. The molecule has 0 heterocycles. The van der Waals surface area contributed by atoms with E-state index in [0.717, 1.165) is 5.92 Å². The van der Waals surface area contributed by atoms with E-state index in [4.69, 9.17) is 6.42 Å². The molecule has 0 nitrogen and oxygen atoms in total. The summed E-state index contributed by atoms with van der Waals surface area (Å²) in [5, 5.41) is 0. The van der Waals surface area contributed by atoms with Gasteiger partial charge in [-0.15, -0.1) is 12.3 Å². The van der Waals surface area contributed by atoms with Gasteiger partial charge >= 0.3 is 0 Å². The summed E-state index contributed by atoms with van der Waals surface area (Å²) in [5.74, 6) is 4.20. The summed E-state index contributed by atoms with van der Waals surface area (Å²) in [5.41, 5.74) is 0. The minimum Gasteiger partial charge on any atom is -0.120 e. The van der Waals surface area contributed by atoms with Crippen LogP contribution in [0.5, 0.6) is 0 Å². The maximum absolute atomic E-state index is 5.27. The highest BCUT2D eigenvalue weighted by molar-refractivity contribution is 4.97. The molecule has 0 spiro atoms. The lowest BCUT2D eigenvalue weighted by Gasteiger charge is -2.04. The second-order valence-corrected chi connectivity index (χ2v) is 2.68. The van der Waals surface area contributed by atoms with Crippen molar-refractivity contribution in [3.05, 3.63) is 0 Å². The van der Waals surface area contributed by atoms with Crippen LogP contribution in [0.25, 0.3) is 0 Å². The molecule has 1 aliphatic rings. The van der Waals surface area contributed by atoms with Gasteiger partial charge in [-0.2, -0.15) is 0 Å². The standard InChI is InChI=1S/C8H12/c1-3-8-6-4-5-7(8)2/h1,7-8H,4-6H2,2H3/t7-,8+/m1/s1. The molecule has 0 unspecified atom stereocenters. The van der Waals surface area contributed by atoms with E-state index >= 15 is 0 Å². The Labute approximate surface area is 51.3 Å². The molecule has 1 saturated carbocycles. The Hall–Kier alpha value is -0.440. The van der Waals surface area contributed by atoms with Crippen LogP contribution in [0.1, 0.15) is 26.2 Å². The SMILES string of the molecule is C#C[C@H]1CCC[C@H]1C. The van der Waals surface area contributed by atoms with Crippen molar-refractivity contribution in [2.75, 3.05) is 0 Å². The van der Waals surface area contributed by atoms with Crippen molar-refractivity contribution < 1.29 is 0 Å². The van der Waals surface area contributed by atoms with E-state index in [9.17, 15) is 0 Å². The second-order valence-electron chi connectivity index (χ2n) is 2.68. The van der Waals surface area contributed by atoms with Crippen LogP contribution in [0, 0.1) is 24.2 Å². The van der Waals surface area contributed by atoms with Crippen molar-refractivity contribution in [1.82, 2.24) is 0 Å². The summed E-state index contributed by atoms with van der Waals surface area (Å²) in [6.07, 6.45) is 9.22. The van der Waals surface area contributed by atoms with Crippen molar-refractivity contribution in [3.63, 3.8) is 0 Å². The summed E-state index contributed by atoms with van der Waals surface area (Å²) in [6.45, 7) is 2.25. The van der Waals surface area contributed by atoms with Crippen LogP contribution in [-0.2, 0) is 0 Å². The maximum Gasteiger partial charge on any atom is 0.0225 e. The normalized spacial score (nSPS) is 37.0. The van der Waals surface area contributed by atoms with Gasteiger partial charge in [-0.1, -0.05) is 13.3 Å². The number of rotatable bonds is 0. The third-order valence-corrected chi connectivity index (χ3v) is 2.08. The summed E-state index contributed by atoms with van der Waals surface area (Å²) in [6, 6.07) is 0.